The molecule has 2 heterocycles. The second-order valence-corrected chi connectivity index (χ2v) is 4.47. The first kappa shape index (κ1) is 12.1. The maximum Gasteiger partial charge on any atom is 0.418 e. The van der Waals surface area contributed by atoms with Gasteiger partial charge in [-0.05, 0) is 18.3 Å². The number of para-hydroxylation sites is 1. The second-order valence-electron chi connectivity index (χ2n) is 4.09. The summed E-state index contributed by atoms with van der Waals surface area (Å²) >= 11 is 4.85. The van der Waals surface area contributed by atoms with Gasteiger partial charge in [-0.2, -0.15) is 13.2 Å². The van der Waals surface area contributed by atoms with Gasteiger partial charge in [-0.15, -0.1) is 10.2 Å². The SMILES string of the molecule is Cn1c2[nH]c(=S)nnc2c2cccc(C(F)(F)F)c21. The van der Waals surface area contributed by atoms with Gasteiger partial charge >= 0.3 is 6.18 Å². The van der Waals surface area contributed by atoms with Crippen LogP contribution in [-0.2, 0) is 13.2 Å². The van der Waals surface area contributed by atoms with Crippen molar-refractivity contribution >= 4 is 34.3 Å². The largest absolute Gasteiger partial charge is 0.418 e. The molecule has 0 aliphatic rings. The van der Waals surface area contributed by atoms with Gasteiger partial charge in [-0.1, -0.05) is 12.1 Å². The number of hydrogen-bond acceptors (Lipinski definition) is 3. The Balaban J connectivity index is 2.58. The average molecular weight is 284 g/mol. The van der Waals surface area contributed by atoms with E-state index in [0.29, 0.717) is 16.6 Å². The molecule has 0 unspecified atom stereocenters. The lowest BCUT2D eigenvalue weighted by molar-refractivity contribution is -0.136. The highest BCUT2D eigenvalue weighted by molar-refractivity contribution is 7.71. The summed E-state index contributed by atoms with van der Waals surface area (Å²) in [6.07, 6.45) is -4.42. The highest BCUT2D eigenvalue weighted by Crippen LogP contribution is 2.37. The quantitative estimate of drug-likeness (QED) is 0.645. The topological polar surface area (TPSA) is 46.5 Å². The molecule has 1 aromatic carbocycles. The van der Waals surface area contributed by atoms with Crippen molar-refractivity contribution in [3.63, 3.8) is 0 Å². The summed E-state index contributed by atoms with van der Waals surface area (Å²) in [5, 5.41) is 7.95. The van der Waals surface area contributed by atoms with Crippen LogP contribution in [0.1, 0.15) is 5.56 Å². The van der Waals surface area contributed by atoms with Crippen LogP contribution in [0.3, 0.4) is 0 Å². The zero-order chi connectivity index (χ0) is 13.8. The molecule has 0 saturated heterocycles. The molecule has 0 saturated carbocycles. The van der Waals surface area contributed by atoms with Crippen molar-refractivity contribution in [2.75, 3.05) is 0 Å². The standard InChI is InChI=1S/C11H7F3N4S/c1-18-8-5(3-2-4-6(8)11(12,13)14)7-9(18)15-10(19)17-16-7/h2-4H,1H3,(H,15,17,19). The molecular weight excluding hydrogens is 277 g/mol. The maximum atomic E-state index is 13.0. The number of rotatable bonds is 0. The Hall–Kier alpha value is -1.96. The van der Waals surface area contributed by atoms with Crippen molar-refractivity contribution in [2.45, 2.75) is 6.18 Å². The van der Waals surface area contributed by atoms with Crippen molar-refractivity contribution in [2.24, 2.45) is 7.05 Å². The van der Waals surface area contributed by atoms with Crippen LogP contribution in [0.2, 0.25) is 0 Å². The highest BCUT2D eigenvalue weighted by atomic mass is 32.1. The van der Waals surface area contributed by atoms with E-state index >= 15 is 0 Å². The molecule has 3 aromatic rings. The lowest BCUT2D eigenvalue weighted by Gasteiger charge is -2.09. The summed E-state index contributed by atoms with van der Waals surface area (Å²) in [4.78, 5) is 2.76. The van der Waals surface area contributed by atoms with Crippen LogP contribution in [0.5, 0.6) is 0 Å². The molecule has 4 nitrogen and oxygen atoms in total. The van der Waals surface area contributed by atoms with Crippen LogP contribution < -0.4 is 0 Å². The Bertz CT molecular complexity index is 847. The predicted molar refractivity (Wildman–Crippen MR) is 66.2 cm³/mol. The smallest absolute Gasteiger partial charge is 0.328 e. The van der Waals surface area contributed by atoms with Gasteiger partial charge in [-0.3, -0.25) is 0 Å². The molecule has 19 heavy (non-hydrogen) atoms. The fourth-order valence-corrected chi connectivity index (χ4v) is 2.33. The van der Waals surface area contributed by atoms with E-state index in [2.05, 4.69) is 15.2 Å². The van der Waals surface area contributed by atoms with Gasteiger partial charge in [0.1, 0.15) is 11.2 Å². The van der Waals surface area contributed by atoms with Gasteiger partial charge in [0, 0.05) is 12.4 Å². The number of hydrogen-bond donors (Lipinski definition) is 1. The Kier molecular flexibility index (Phi) is 2.40. The van der Waals surface area contributed by atoms with Crippen LogP contribution in [-0.4, -0.2) is 19.7 Å². The summed E-state index contributed by atoms with van der Waals surface area (Å²) in [5.41, 5.74) is 0.157. The molecular formula is C11H7F3N4S. The first-order chi connectivity index (χ1) is 8.89. The van der Waals surface area contributed by atoms with E-state index in [0.717, 1.165) is 6.07 Å². The van der Waals surface area contributed by atoms with E-state index in [9.17, 15) is 13.2 Å². The average Bonchev–Trinajstić information content (AvgIpc) is 2.62. The minimum Gasteiger partial charge on any atom is -0.328 e. The van der Waals surface area contributed by atoms with Crippen LogP contribution in [0.15, 0.2) is 18.2 Å². The minimum absolute atomic E-state index is 0.0659. The van der Waals surface area contributed by atoms with Gasteiger partial charge in [0.25, 0.3) is 0 Å². The summed E-state index contributed by atoms with van der Waals surface area (Å²) in [7, 11) is 1.53. The zero-order valence-corrected chi connectivity index (χ0v) is 10.4. The van der Waals surface area contributed by atoms with E-state index in [1.165, 1.54) is 17.7 Å². The van der Waals surface area contributed by atoms with E-state index in [1.54, 1.807) is 6.07 Å². The van der Waals surface area contributed by atoms with Gasteiger partial charge < -0.3 is 9.55 Å². The fourth-order valence-electron chi connectivity index (χ4n) is 2.19. The molecule has 0 aliphatic carbocycles. The molecule has 3 rings (SSSR count). The lowest BCUT2D eigenvalue weighted by atomic mass is 10.1. The molecule has 8 heteroatoms. The molecule has 0 atom stereocenters. The summed E-state index contributed by atoms with van der Waals surface area (Å²) in [5.74, 6) is 0. The third-order valence-corrected chi connectivity index (χ3v) is 3.14. The van der Waals surface area contributed by atoms with Crippen LogP contribution in [0.4, 0.5) is 13.2 Å². The Morgan fingerprint density at radius 1 is 1.26 bits per heavy atom. The molecule has 0 fully saturated rings. The summed E-state index contributed by atoms with van der Waals surface area (Å²) in [6, 6.07) is 3.98. The number of aromatic nitrogens is 4. The fraction of sp³-hybridized carbons (Fsp3) is 0.182. The molecule has 1 N–H and O–H groups in total. The number of aryl methyl sites for hydroxylation is 1. The predicted octanol–water partition coefficient (Wildman–Crippen LogP) is 3.20. The van der Waals surface area contributed by atoms with Gasteiger partial charge in [0.05, 0.1) is 11.1 Å². The number of H-pyrrole nitrogens is 1. The molecule has 0 amide bonds. The van der Waals surface area contributed by atoms with E-state index in [1.807, 2.05) is 0 Å². The summed E-state index contributed by atoms with van der Waals surface area (Å²) < 4.78 is 40.6. The van der Waals surface area contributed by atoms with Crippen molar-refractivity contribution in [3.05, 3.63) is 28.5 Å². The number of aromatic amines is 1. The zero-order valence-electron chi connectivity index (χ0n) is 9.62. The van der Waals surface area contributed by atoms with Crippen LogP contribution in [0.25, 0.3) is 22.1 Å². The molecule has 98 valence electrons. The minimum atomic E-state index is -4.42. The molecule has 0 aliphatic heterocycles. The first-order valence-corrected chi connectivity index (χ1v) is 5.71. The van der Waals surface area contributed by atoms with Gasteiger partial charge in [0.2, 0.25) is 4.77 Å². The van der Waals surface area contributed by atoms with E-state index in [4.69, 9.17) is 12.2 Å². The number of benzene rings is 1. The van der Waals surface area contributed by atoms with E-state index < -0.39 is 11.7 Å². The number of halogens is 3. The van der Waals surface area contributed by atoms with Crippen molar-refractivity contribution in [1.82, 2.24) is 19.7 Å². The van der Waals surface area contributed by atoms with E-state index in [-0.39, 0.29) is 10.3 Å². The Morgan fingerprint density at radius 3 is 2.68 bits per heavy atom. The number of alkyl halides is 3. The molecule has 2 aromatic heterocycles. The Labute approximate surface area is 109 Å². The molecule has 0 spiro atoms. The Morgan fingerprint density at radius 2 is 2.00 bits per heavy atom. The number of nitrogens with zero attached hydrogens (tertiary/aromatic N) is 3. The number of fused-ring (bicyclic) bond motifs is 3. The number of nitrogens with one attached hydrogen (secondary N) is 1. The lowest BCUT2D eigenvalue weighted by Crippen LogP contribution is -2.07. The molecule has 0 bridgehead atoms. The third kappa shape index (κ3) is 1.71. The van der Waals surface area contributed by atoms with Crippen LogP contribution in [0, 0.1) is 4.77 Å². The normalized spacial score (nSPS) is 12.4. The highest BCUT2D eigenvalue weighted by Gasteiger charge is 2.34. The van der Waals surface area contributed by atoms with Crippen molar-refractivity contribution < 1.29 is 13.2 Å². The van der Waals surface area contributed by atoms with Crippen LogP contribution >= 0.6 is 12.2 Å². The van der Waals surface area contributed by atoms with Gasteiger partial charge in [-0.25, -0.2) is 0 Å². The monoisotopic (exact) mass is 284 g/mol. The second kappa shape index (κ2) is 3.77. The summed E-state index contributed by atoms with van der Waals surface area (Å²) in [6.45, 7) is 0. The van der Waals surface area contributed by atoms with Crippen molar-refractivity contribution in [1.29, 1.82) is 0 Å². The van der Waals surface area contributed by atoms with Gasteiger partial charge in [0.15, 0.2) is 0 Å². The first-order valence-electron chi connectivity index (χ1n) is 5.31. The third-order valence-electron chi connectivity index (χ3n) is 2.96. The molecule has 0 radical (unpaired) electrons. The van der Waals surface area contributed by atoms with Crippen molar-refractivity contribution in [3.8, 4) is 0 Å². The maximum absolute atomic E-state index is 13.0.